The molecule has 0 unspecified atom stereocenters. The highest BCUT2D eigenvalue weighted by Crippen LogP contribution is 2.33. The third-order valence-electron chi connectivity index (χ3n) is 3.07. The molecular weight excluding hydrogens is 373 g/mol. The van der Waals surface area contributed by atoms with Crippen molar-refractivity contribution >= 4 is 40.7 Å². The van der Waals surface area contributed by atoms with Crippen LogP contribution in [0.1, 0.15) is 20.7 Å². The van der Waals surface area contributed by atoms with E-state index in [1.54, 1.807) is 0 Å². The lowest BCUT2D eigenvalue weighted by molar-refractivity contribution is -0.384. The molecule has 10 heteroatoms. The number of carbonyl (C=O) groups excluding carboxylic acids is 2. The first-order valence-electron chi connectivity index (χ1n) is 6.71. The summed E-state index contributed by atoms with van der Waals surface area (Å²) in [5.41, 5.74) is 4.19. The Labute approximate surface area is 151 Å². The third kappa shape index (κ3) is 4.37. The number of non-ortho nitro benzene ring substituents is 1. The topological polar surface area (TPSA) is 111 Å². The normalized spacial score (nSPS) is 10.0. The zero-order valence-electron chi connectivity index (χ0n) is 12.7. The van der Waals surface area contributed by atoms with Gasteiger partial charge in [-0.1, -0.05) is 29.3 Å². The first kappa shape index (κ1) is 18.5. The number of hydrogen-bond acceptors (Lipinski definition) is 5. The van der Waals surface area contributed by atoms with E-state index in [4.69, 9.17) is 27.9 Å². The molecule has 0 bridgehead atoms. The number of carbonyl (C=O) groups is 2. The smallest absolute Gasteiger partial charge is 0.270 e. The molecule has 130 valence electrons. The number of nitrogens with one attached hydrogen (secondary N) is 2. The average Bonchev–Trinajstić information content (AvgIpc) is 2.59. The van der Waals surface area contributed by atoms with Gasteiger partial charge in [0.1, 0.15) is 0 Å². The minimum atomic E-state index is -0.720. The second-order valence-corrected chi connectivity index (χ2v) is 5.50. The minimum absolute atomic E-state index is 0.0142. The monoisotopic (exact) mass is 383 g/mol. The predicted molar refractivity (Wildman–Crippen MR) is 91.0 cm³/mol. The van der Waals surface area contributed by atoms with Gasteiger partial charge in [0.05, 0.1) is 22.1 Å². The first-order chi connectivity index (χ1) is 11.8. The Morgan fingerprint density at radius 3 is 2.12 bits per heavy atom. The molecule has 0 saturated carbocycles. The fourth-order valence-corrected chi connectivity index (χ4v) is 2.55. The van der Waals surface area contributed by atoms with Crippen molar-refractivity contribution in [3.63, 3.8) is 0 Å². The summed E-state index contributed by atoms with van der Waals surface area (Å²) >= 11 is 11.9. The van der Waals surface area contributed by atoms with E-state index in [2.05, 4.69) is 10.9 Å². The molecule has 2 aromatic carbocycles. The fourth-order valence-electron chi connectivity index (χ4n) is 1.90. The van der Waals surface area contributed by atoms with Crippen LogP contribution in [0.25, 0.3) is 0 Å². The second-order valence-electron chi connectivity index (χ2n) is 4.69. The summed E-state index contributed by atoms with van der Waals surface area (Å²) in [5.74, 6) is -1.17. The molecule has 2 rings (SSSR count). The van der Waals surface area contributed by atoms with Crippen LogP contribution in [0.3, 0.4) is 0 Å². The molecule has 0 aliphatic heterocycles. The van der Waals surface area contributed by atoms with Crippen molar-refractivity contribution in [3.8, 4) is 5.75 Å². The van der Waals surface area contributed by atoms with Gasteiger partial charge in [-0.05, 0) is 18.2 Å². The Hall–Kier alpha value is -2.84. The maximum atomic E-state index is 12.1. The van der Waals surface area contributed by atoms with Crippen molar-refractivity contribution in [2.24, 2.45) is 0 Å². The SMILES string of the molecule is COc1c(Cl)cc(C(=O)NNC(=O)c2cccc([N+](=O)[O-])c2)cc1Cl. The number of benzene rings is 2. The van der Waals surface area contributed by atoms with Gasteiger partial charge in [-0.3, -0.25) is 30.6 Å². The number of nitrogens with zero attached hydrogens (tertiary/aromatic N) is 1. The first-order valence-corrected chi connectivity index (χ1v) is 7.47. The maximum absolute atomic E-state index is 12.1. The standard InChI is InChI=1S/C15H11Cl2N3O5/c1-25-13-11(16)6-9(7-12(13)17)15(22)19-18-14(21)8-3-2-4-10(5-8)20(23)24/h2-7H,1H3,(H,18,21)(H,19,22). The molecule has 0 aliphatic carbocycles. The molecule has 0 aliphatic rings. The molecule has 2 N–H and O–H groups in total. The molecule has 0 spiro atoms. The number of ether oxygens (including phenoxy) is 1. The quantitative estimate of drug-likeness (QED) is 0.622. The van der Waals surface area contributed by atoms with Crippen LogP contribution in [0.2, 0.25) is 10.0 Å². The number of amides is 2. The lowest BCUT2D eigenvalue weighted by atomic mass is 10.2. The Morgan fingerprint density at radius 2 is 1.60 bits per heavy atom. The van der Waals surface area contributed by atoms with Crippen molar-refractivity contribution in [2.45, 2.75) is 0 Å². The third-order valence-corrected chi connectivity index (χ3v) is 3.63. The van der Waals surface area contributed by atoms with Gasteiger partial charge >= 0.3 is 0 Å². The molecule has 2 amide bonds. The van der Waals surface area contributed by atoms with Crippen LogP contribution in [0.5, 0.6) is 5.75 Å². The fraction of sp³-hybridized carbons (Fsp3) is 0.0667. The number of nitro groups is 1. The van der Waals surface area contributed by atoms with Gasteiger partial charge in [0, 0.05) is 23.3 Å². The zero-order valence-corrected chi connectivity index (χ0v) is 14.2. The molecule has 25 heavy (non-hydrogen) atoms. The molecule has 0 radical (unpaired) electrons. The van der Waals surface area contributed by atoms with Gasteiger partial charge in [0.2, 0.25) is 0 Å². The molecule has 2 aromatic rings. The summed E-state index contributed by atoms with van der Waals surface area (Å²) < 4.78 is 4.98. The Kier molecular flexibility index (Phi) is 5.79. The van der Waals surface area contributed by atoms with E-state index in [1.807, 2.05) is 0 Å². The molecule has 0 fully saturated rings. The lowest BCUT2D eigenvalue weighted by Gasteiger charge is -2.10. The van der Waals surface area contributed by atoms with Crippen molar-refractivity contribution in [1.82, 2.24) is 10.9 Å². The van der Waals surface area contributed by atoms with Crippen molar-refractivity contribution in [2.75, 3.05) is 7.11 Å². The number of rotatable bonds is 4. The van der Waals surface area contributed by atoms with E-state index < -0.39 is 16.7 Å². The molecule has 0 saturated heterocycles. The van der Waals surface area contributed by atoms with E-state index in [0.717, 1.165) is 6.07 Å². The van der Waals surface area contributed by atoms with Gasteiger partial charge < -0.3 is 4.74 Å². The predicted octanol–water partition coefficient (Wildman–Crippen LogP) is 2.99. The van der Waals surface area contributed by atoms with Crippen molar-refractivity contribution < 1.29 is 19.2 Å². The van der Waals surface area contributed by atoms with Gasteiger partial charge in [0.25, 0.3) is 17.5 Å². The van der Waals surface area contributed by atoms with E-state index in [9.17, 15) is 19.7 Å². The van der Waals surface area contributed by atoms with E-state index in [0.29, 0.717) is 0 Å². The highest BCUT2D eigenvalue weighted by atomic mass is 35.5. The maximum Gasteiger partial charge on any atom is 0.270 e. The summed E-state index contributed by atoms with van der Waals surface area (Å²) in [6, 6.07) is 7.70. The molecule has 0 atom stereocenters. The number of hydrogen-bond donors (Lipinski definition) is 2. The summed E-state index contributed by atoms with van der Waals surface area (Å²) in [7, 11) is 1.38. The van der Waals surface area contributed by atoms with Gasteiger partial charge in [-0.15, -0.1) is 0 Å². The number of methoxy groups -OCH3 is 1. The Morgan fingerprint density at radius 1 is 1.04 bits per heavy atom. The highest BCUT2D eigenvalue weighted by Gasteiger charge is 2.15. The molecular formula is C15H11Cl2N3O5. The Bertz CT molecular complexity index is 834. The summed E-state index contributed by atoms with van der Waals surface area (Å²) in [4.78, 5) is 34.1. The number of halogens is 2. The van der Waals surface area contributed by atoms with Crippen LogP contribution >= 0.6 is 23.2 Å². The zero-order chi connectivity index (χ0) is 18.6. The van der Waals surface area contributed by atoms with Crippen LogP contribution in [0.4, 0.5) is 5.69 Å². The van der Waals surface area contributed by atoms with Crippen molar-refractivity contribution in [3.05, 3.63) is 67.7 Å². The summed E-state index contributed by atoms with van der Waals surface area (Å²) in [5, 5.41) is 11.0. The number of nitro benzene ring substituents is 1. The van der Waals surface area contributed by atoms with Gasteiger partial charge in [-0.25, -0.2) is 0 Å². The molecule has 0 aromatic heterocycles. The van der Waals surface area contributed by atoms with Crippen LogP contribution in [0, 0.1) is 10.1 Å². The lowest BCUT2D eigenvalue weighted by Crippen LogP contribution is -2.41. The van der Waals surface area contributed by atoms with Crippen LogP contribution in [0.15, 0.2) is 36.4 Å². The van der Waals surface area contributed by atoms with Gasteiger partial charge in [-0.2, -0.15) is 0 Å². The van der Waals surface area contributed by atoms with Crippen molar-refractivity contribution in [1.29, 1.82) is 0 Å². The number of hydrazine groups is 1. The van der Waals surface area contributed by atoms with E-state index in [1.165, 1.54) is 37.4 Å². The largest absolute Gasteiger partial charge is 0.494 e. The van der Waals surface area contributed by atoms with Gasteiger partial charge in [0.15, 0.2) is 5.75 Å². The van der Waals surface area contributed by atoms with Crippen LogP contribution in [-0.2, 0) is 0 Å². The minimum Gasteiger partial charge on any atom is -0.494 e. The van der Waals surface area contributed by atoms with E-state index in [-0.39, 0.29) is 32.6 Å². The van der Waals surface area contributed by atoms with E-state index >= 15 is 0 Å². The van der Waals surface area contributed by atoms with Crippen LogP contribution in [-0.4, -0.2) is 23.8 Å². The second kappa shape index (κ2) is 7.82. The van der Waals surface area contributed by atoms with Crippen LogP contribution < -0.4 is 15.6 Å². The average molecular weight is 384 g/mol. The molecule has 8 nitrogen and oxygen atoms in total. The summed E-state index contributed by atoms with van der Waals surface area (Å²) in [6.07, 6.45) is 0. The molecule has 0 heterocycles. The highest BCUT2D eigenvalue weighted by molar-refractivity contribution is 6.37. The Balaban J connectivity index is 2.08. The summed E-state index contributed by atoms with van der Waals surface area (Å²) in [6.45, 7) is 0.